The average Bonchev–Trinajstić information content (AvgIpc) is 3.48. The zero-order chi connectivity index (χ0) is 32.1. The number of thiophene rings is 1. The first-order chi connectivity index (χ1) is 20.0. The first kappa shape index (κ1) is 34.1. The van der Waals surface area contributed by atoms with Gasteiger partial charge in [-0.25, -0.2) is 9.97 Å². The average molecular weight is 672 g/mol. The van der Waals surface area contributed by atoms with Crippen molar-refractivity contribution < 1.29 is 31.0 Å². The third-order valence-electron chi connectivity index (χ3n) is 5.68. The molecule has 0 bridgehead atoms. The van der Waals surface area contributed by atoms with Crippen molar-refractivity contribution in [1.82, 2.24) is 19.1 Å². The third kappa shape index (κ3) is 9.82. The molecule has 0 aliphatic heterocycles. The van der Waals surface area contributed by atoms with Gasteiger partial charge in [0.15, 0.2) is 0 Å². The number of rotatable bonds is 6. The fourth-order valence-electron chi connectivity index (χ4n) is 3.93. The molecule has 2 aromatic carbocycles. The summed E-state index contributed by atoms with van der Waals surface area (Å²) in [5.41, 5.74) is 4.04. The number of hydrogen-bond donors (Lipinski definition) is 3. The van der Waals surface area contributed by atoms with Gasteiger partial charge in [-0.2, -0.15) is 16.8 Å². The second-order valence-corrected chi connectivity index (χ2v) is 13.8. The quantitative estimate of drug-likeness (QED) is 0.225. The Labute approximate surface area is 257 Å². The topological polar surface area (TPSA) is 185 Å². The van der Waals surface area contributed by atoms with E-state index in [1.165, 1.54) is 11.3 Å². The van der Waals surface area contributed by atoms with Crippen LogP contribution in [0.15, 0.2) is 59.7 Å². The van der Waals surface area contributed by atoms with Crippen molar-refractivity contribution in [1.29, 1.82) is 0 Å². The highest BCUT2D eigenvalue weighted by Crippen LogP contribution is 2.32. The van der Waals surface area contributed by atoms with E-state index in [2.05, 4.69) is 4.98 Å². The van der Waals surface area contributed by atoms with Gasteiger partial charge in [-0.05, 0) is 48.4 Å². The summed E-state index contributed by atoms with van der Waals surface area (Å²) in [6.45, 7) is 0.841. The molecule has 232 valence electrons. The molecule has 3 N–H and O–H groups in total. The molecule has 0 saturated heterocycles. The molecule has 0 fully saturated rings. The van der Waals surface area contributed by atoms with Crippen LogP contribution in [0.1, 0.15) is 6.42 Å². The smallest absolute Gasteiger partial charge is 0.275 e. The number of aliphatic hydroxyl groups excluding tert-OH is 1. The number of aryl methyl sites for hydroxylation is 1. The molecule has 17 heteroatoms. The maximum Gasteiger partial charge on any atom is 0.275 e. The molecule has 0 aliphatic carbocycles. The molecule has 5 rings (SSSR count). The number of aromatic nitrogens is 4. The minimum atomic E-state index is -3.67. The van der Waals surface area contributed by atoms with Crippen LogP contribution in [0.25, 0.3) is 37.4 Å². The zero-order valence-corrected chi connectivity index (χ0v) is 26.7. The Balaban J connectivity index is 0.000000440. The lowest BCUT2D eigenvalue weighted by molar-refractivity contribution is 0.290. The van der Waals surface area contributed by atoms with E-state index in [0.717, 1.165) is 27.4 Å². The van der Waals surface area contributed by atoms with Crippen LogP contribution in [0, 0.1) is 0 Å². The van der Waals surface area contributed by atoms with E-state index in [9.17, 15) is 21.6 Å². The Morgan fingerprint density at radius 3 is 2.16 bits per heavy atom. The van der Waals surface area contributed by atoms with Crippen LogP contribution >= 0.6 is 22.9 Å². The van der Waals surface area contributed by atoms with Gasteiger partial charge in [0.1, 0.15) is 11.0 Å². The van der Waals surface area contributed by atoms with Crippen LogP contribution in [-0.2, 0) is 27.3 Å². The van der Waals surface area contributed by atoms with Crippen LogP contribution in [0.2, 0.25) is 5.02 Å². The number of aliphatic hydroxyl groups is 1. The molecule has 43 heavy (non-hydrogen) atoms. The summed E-state index contributed by atoms with van der Waals surface area (Å²) >= 11 is 7.43. The molecular formula is C26H30ClN5O8S3. The summed E-state index contributed by atoms with van der Waals surface area (Å²) < 4.78 is 55.9. The van der Waals surface area contributed by atoms with Crippen LogP contribution in [0.3, 0.4) is 0 Å². The molecule has 0 aliphatic rings. The van der Waals surface area contributed by atoms with Crippen LogP contribution in [0.5, 0.6) is 0 Å². The Morgan fingerprint density at radius 2 is 1.58 bits per heavy atom. The highest BCUT2D eigenvalue weighted by Gasteiger charge is 2.15. The molecule has 0 saturated carbocycles. The summed E-state index contributed by atoms with van der Waals surface area (Å²) in [7, 11) is -3.42. The van der Waals surface area contributed by atoms with E-state index in [1.807, 2.05) is 72.1 Å². The SMILES string of the molecule is CN(CCCO)c1nc2cc(-n3cnc4cc(-c5ccc(Cl)cc5)sc4c3=O)ccc2n1C.CS(=O)(=O)O.CS(=O)(=O)O. The summed E-state index contributed by atoms with van der Waals surface area (Å²) in [5, 5.41) is 9.79. The van der Waals surface area contributed by atoms with E-state index in [4.69, 9.17) is 30.8 Å². The molecule has 0 spiro atoms. The van der Waals surface area contributed by atoms with E-state index < -0.39 is 20.2 Å². The summed E-state index contributed by atoms with van der Waals surface area (Å²) in [6.07, 6.45) is 3.67. The highest BCUT2D eigenvalue weighted by atomic mass is 35.5. The van der Waals surface area contributed by atoms with Crippen molar-refractivity contribution in [2.75, 3.05) is 37.6 Å². The van der Waals surface area contributed by atoms with Gasteiger partial charge >= 0.3 is 0 Å². The van der Waals surface area contributed by atoms with Gasteiger partial charge in [0.05, 0.1) is 34.7 Å². The van der Waals surface area contributed by atoms with Gasteiger partial charge in [-0.1, -0.05) is 23.7 Å². The largest absolute Gasteiger partial charge is 0.396 e. The lowest BCUT2D eigenvalue weighted by Gasteiger charge is -2.17. The van der Waals surface area contributed by atoms with Gasteiger partial charge < -0.3 is 14.6 Å². The molecule has 0 amide bonds. The predicted molar refractivity (Wildman–Crippen MR) is 170 cm³/mol. The van der Waals surface area contributed by atoms with Crippen molar-refractivity contribution >= 4 is 70.4 Å². The molecule has 13 nitrogen and oxygen atoms in total. The summed E-state index contributed by atoms with van der Waals surface area (Å²) in [6, 6.07) is 15.3. The second kappa shape index (κ2) is 13.9. The molecule has 5 aromatic rings. The van der Waals surface area contributed by atoms with Gasteiger partial charge in [0.2, 0.25) is 5.95 Å². The Hall–Kier alpha value is -3.38. The number of nitrogens with zero attached hydrogens (tertiary/aromatic N) is 5. The zero-order valence-electron chi connectivity index (χ0n) is 23.5. The minimum absolute atomic E-state index is 0.110. The van der Waals surface area contributed by atoms with E-state index >= 15 is 0 Å². The van der Waals surface area contributed by atoms with Gasteiger partial charge in [-0.3, -0.25) is 18.5 Å². The predicted octanol–water partition coefficient (Wildman–Crippen LogP) is 3.48. The number of hydrogen-bond acceptors (Lipinski definition) is 10. The fourth-order valence-corrected chi connectivity index (χ4v) is 5.10. The second-order valence-electron chi connectivity index (χ2n) is 9.36. The van der Waals surface area contributed by atoms with Crippen molar-refractivity contribution in [3.8, 4) is 16.1 Å². The number of anilines is 1. The Morgan fingerprint density at radius 1 is 0.977 bits per heavy atom. The first-order valence-electron chi connectivity index (χ1n) is 12.4. The molecule has 0 atom stereocenters. The summed E-state index contributed by atoms with van der Waals surface area (Å²) in [4.78, 5) is 25.6. The molecule has 0 unspecified atom stereocenters. The molecule has 0 radical (unpaired) electrons. The van der Waals surface area contributed by atoms with Crippen molar-refractivity contribution in [2.45, 2.75) is 6.42 Å². The Kier molecular flexibility index (Phi) is 11.1. The third-order valence-corrected chi connectivity index (χ3v) is 7.09. The number of fused-ring (bicyclic) bond motifs is 2. The van der Waals surface area contributed by atoms with Crippen molar-refractivity contribution in [2.24, 2.45) is 7.05 Å². The lowest BCUT2D eigenvalue weighted by atomic mass is 10.2. The number of benzene rings is 2. The van der Waals surface area contributed by atoms with Crippen LogP contribution in [0.4, 0.5) is 5.95 Å². The standard InChI is InChI=1S/C24H22ClN5O2S.2CH4O3S/c1-28(10-3-11-31)24-27-18-12-17(8-9-20(18)29(24)2)30-14-26-19-13-21(33-22(19)23(30)32)15-4-6-16(25)7-5-15;2*1-5(2,3)4/h4-9,12-14,31H,3,10-11H2,1-2H3;2*1H3,(H,2,3,4). The monoisotopic (exact) mass is 671 g/mol. The van der Waals surface area contributed by atoms with Crippen LogP contribution < -0.4 is 10.5 Å². The van der Waals surface area contributed by atoms with E-state index in [-0.39, 0.29) is 12.2 Å². The Bertz CT molecular complexity index is 1960. The van der Waals surface area contributed by atoms with E-state index in [1.54, 1.807) is 10.9 Å². The van der Waals surface area contributed by atoms with Gasteiger partial charge in [0.25, 0.3) is 25.8 Å². The van der Waals surface area contributed by atoms with Gasteiger partial charge in [0, 0.05) is 37.1 Å². The number of halogens is 1. The highest BCUT2D eigenvalue weighted by molar-refractivity contribution is 7.85. The molecule has 3 heterocycles. The normalized spacial score (nSPS) is 11.5. The van der Waals surface area contributed by atoms with E-state index in [0.29, 0.717) is 46.4 Å². The number of imidazole rings is 1. The molecular weight excluding hydrogens is 642 g/mol. The van der Waals surface area contributed by atoms with Crippen molar-refractivity contribution in [3.05, 3.63) is 70.2 Å². The lowest BCUT2D eigenvalue weighted by Crippen LogP contribution is -2.22. The maximum absolute atomic E-state index is 13.3. The van der Waals surface area contributed by atoms with Crippen molar-refractivity contribution in [3.63, 3.8) is 0 Å². The fraction of sp³-hybridized carbons (Fsp3) is 0.269. The summed E-state index contributed by atoms with van der Waals surface area (Å²) in [5.74, 6) is 0.808. The maximum atomic E-state index is 13.3. The minimum Gasteiger partial charge on any atom is -0.396 e. The first-order valence-corrected chi connectivity index (χ1v) is 17.3. The van der Waals surface area contributed by atoms with Gasteiger partial charge in [-0.15, -0.1) is 11.3 Å². The van der Waals surface area contributed by atoms with Crippen LogP contribution in [-0.4, -0.2) is 82.9 Å². The molecule has 3 aromatic heterocycles.